The molecule has 0 aliphatic carbocycles. The van der Waals surface area contributed by atoms with E-state index >= 15 is 0 Å². The Labute approximate surface area is 99.5 Å². The van der Waals surface area contributed by atoms with E-state index in [9.17, 15) is 4.79 Å². The van der Waals surface area contributed by atoms with Crippen molar-refractivity contribution in [2.45, 2.75) is 43.8 Å². The van der Waals surface area contributed by atoms with Gasteiger partial charge in [0, 0.05) is 4.83 Å². The highest BCUT2D eigenvalue weighted by Crippen LogP contribution is 2.35. The van der Waals surface area contributed by atoms with Crippen LogP contribution < -0.4 is 0 Å². The Balaban J connectivity index is 4.44. The van der Waals surface area contributed by atoms with Gasteiger partial charge in [-0.1, -0.05) is 36.7 Å². The minimum Gasteiger partial charge on any atom is -0.468 e. The number of hydrogen-bond donors (Lipinski definition) is 0. The largest absolute Gasteiger partial charge is 0.468 e. The second-order valence-corrected chi connectivity index (χ2v) is 6.67. The predicted octanol–water partition coefficient (Wildman–Crippen LogP) is 3.36. The van der Waals surface area contributed by atoms with Crippen LogP contribution in [0.25, 0.3) is 0 Å². The molecule has 0 aromatic heterocycles. The van der Waals surface area contributed by atoms with Gasteiger partial charge >= 0.3 is 5.97 Å². The number of methoxy groups -OCH3 is 1. The number of rotatable bonds is 3. The Kier molecular flexibility index (Phi) is 4.93. The van der Waals surface area contributed by atoms with Gasteiger partial charge in [0.05, 0.1) is 7.11 Å². The van der Waals surface area contributed by atoms with Gasteiger partial charge in [-0.3, -0.25) is 4.79 Å². The van der Waals surface area contributed by atoms with Crippen LogP contribution in [-0.4, -0.2) is 22.8 Å². The molecule has 0 heterocycles. The van der Waals surface area contributed by atoms with Crippen molar-refractivity contribution in [2.75, 3.05) is 7.11 Å². The van der Waals surface area contributed by atoms with Crippen LogP contribution in [0.3, 0.4) is 0 Å². The van der Waals surface area contributed by atoms with Crippen molar-refractivity contribution in [1.82, 2.24) is 0 Å². The van der Waals surface area contributed by atoms with E-state index in [0.717, 1.165) is 0 Å². The van der Waals surface area contributed by atoms with E-state index in [1.807, 2.05) is 0 Å². The van der Waals surface area contributed by atoms with Gasteiger partial charge in [-0.15, -0.1) is 11.6 Å². The Morgan fingerprint density at radius 3 is 2.14 bits per heavy atom. The van der Waals surface area contributed by atoms with Gasteiger partial charge in [-0.25, -0.2) is 0 Å². The first kappa shape index (κ1) is 14.2. The van der Waals surface area contributed by atoms with E-state index in [1.54, 1.807) is 6.92 Å². The van der Waals surface area contributed by atoms with Gasteiger partial charge in [0.1, 0.15) is 4.87 Å². The normalized spacial score (nSPS) is 18.5. The van der Waals surface area contributed by atoms with Crippen molar-refractivity contribution in [3.63, 3.8) is 0 Å². The molecule has 0 bridgehead atoms. The standard InChI is InChI=1S/C10H18BrClO2/c1-9(2,3)7(11)6-10(4,12)8(13)14-5/h7H,6H2,1-5H3. The maximum absolute atomic E-state index is 11.3. The van der Waals surface area contributed by atoms with Gasteiger partial charge in [0.15, 0.2) is 0 Å². The fourth-order valence-corrected chi connectivity index (χ4v) is 2.00. The molecule has 0 aliphatic heterocycles. The second kappa shape index (κ2) is 4.84. The summed E-state index contributed by atoms with van der Waals surface area (Å²) >= 11 is 9.62. The van der Waals surface area contributed by atoms with Gasteiger partial charge < -0.3 is 4.74 Å². The first-order valence-electron chi connectivity index (χ1n) is 4.52. The molecule has 2 nitrogen and oxygen atoms in total. The zero-order valence-electron chi connectivity index (χ0n) is 9.36. The monoisotopic (exact) mass is 284 g/mol. The van der Waals surface area contributed by atoms with E-state index in [4.69, 9.17) is 11.6 Å². The summed E-state index contributed by atoms with van der Waals surface area (Å²) in [6.45, 7) is 7.96. The number of esters is 1. The van der Waals surface area contributed by atoms with Crippen molar-refractivity contribution in [2.24, 2.45) is 5.41 Å². The Morgan fingerprint density at radius 1 is 1.43 bits per heavy atom. The fraction of sp³-hybridized carbons (Fsp3) is 0.900. The number of alkyl halides is 2. The topological polar surface area (TPSA) is 26.3 Å². The molecule has 84 valence electrons. The molecule has 0 fully saturated rings. The zero-order chi connectivity index (χ0) is 11.6. The molecule has 2 atom stereocenters. The number of ether oxygens (including phenoxy) is 1. The first-order chi connectivity index (χ1) is 6.11. The average molecular weight is 286 g/mol. The third-order valence-electron chi connectivity index (χ3n) is 2.11. The summed E-state index contributed by atoms with van der Waals surface area (Å²) < 4.78 is 4.64. The molecule has 0 aromatic carbocycles. The fourth-order valence-electron chi connectivity index (χ4n) is 0.939. The molecular formula is C10H18BrClO2. The maximum Gasteiger partial charge on any atom is 0.326 e. The van der Waals surface area contributed by atoms with Crippen LogP contribution >= 0.6 is 27.5 Å². The molecule has 0 spiro atoms. The molecule has 0 aliphatic rings. The molecule has 0 radical (unpaired) electrons. The van der Waals surface area contributed by atoms with Crippen LogP contribution in [0.5, 0.6) is 0 Å². The molecule has 0 saturated carbocycles. The maximum atomic E-state index is 11.3. The third-order valence-corrected chi connectivity index (χ3v) is 4.12. The molecular weight excluding hydrogens is 267 g/mol. The summed E-state index contributed by atoms with van der Waals surface area (Å²) in [5.41, 5.74) is 0.0736. The average Bonchev–Trinajstić information content (AvgIpc) is 2.00. The lowest BCUT2D eigenvalue weighted by Crippen LogP contribution is -2.36. The second-order valence-electron chi connectivity index (χ2n) is 4.73. The van der Waals surface area contributed by atoms with E-state index in [0.29, 0.717) is 6.42 Å². The molecule has 0 N–H and O–H groups in total. The zero-order valence-corrected chi connectivity index (χ0v) is 11.7. The lowest BCUT2D eigenvalue weighted by molar-refractivity contribution is -0.143. The number of hydrogen-bond acceptors (Lipinski definition) is 2. The van der Waals surface area contributed by atoms with Gasteiger partial charge in [-0.2, -0.15) is 0 Å². The van der Waals surface area contributed by atoms with E-state index in [-0.39, 0.29) is 16.2 Å². The molecule has 2 unspecified atom stereocenters. The van der Waals surface area contributed by atoms with Crippen molar-refractivity contribution in [3.05, 3.63) is 0 Å². The SMILES string of the molecule is COC(=O)C(C)(Cl)CC(Br)C(C)(C)C. The quantitative estimate of drug-likeness (QED) is 0.587. The summed E-state index contributed by atoms with van der Waals surface area (Å²) in [7, 11) is 1.35. The highest BCUT2D eigenvalue weighted by atomic mass is 79.9. The van der Waals surface area contributed by atoms with Crippen molar-refractivity contribution in [1.29, 1.82) is 0 Å². The summed E-state index contributed by atoms with van der Waals surface area (Å²) in [4.78, 5) is 10.6. The number of carbonyl (C=O) groups is 1. The third kappa shape index (κ3) is 4.18. The predicted molar refractivity (Wildman–Crippen MR) is 63.1 cm³/mol. The molecule has 0 rings (SSSR count). The van der Waals surface area contributed by atoms with Crippen LogP contribution in [0.2, 0.25) is 0 Å². The molecule has 0 aromatic rings. The highest BCUT2D eigenvalue weighted by Gasteiger charge is 2.37. The number of halogens is 2. The minimum absolute atomic E-state index is 0.0736. The summed E-state index contributed by atoms with van der Waals surface area (Å²) in [6.07, 6.45) is 0.546. The summed E-state index contributed by atoms with van der Waals surface area (Å²) in [5, 5.41) is 0. The minimum atomic E-state index is -0.948. The van der Waals surface area contributed by atoms with Crippen LogP contribution in [0.15, 0.2) is 0 Å². The lowest BCUT2D eigenvalue weighted by atomic mass is 9.86. The van der Waals surface area contributed by atoms with E-state index in [2.05, 4.69) is 41.4 Å². The van der Waals surface area contributed by atoms with Gasteiger partial charge in [0.25, 0.3) is 0 Å². The van der Waals surface area contributed by atoms with Crippen LogP contribution in [0.4, 0.5) is 0 Å². The smallest absolute Gasteiger partial charge is 0.326 e. The van der Waals surface area contributed by atoms with Crippen LogP contribution in [0.1, 0.15) is 34.1 Å². The Hall–Kier alpha value is 0.240. The highest BCUT2D eigenvalue weighted by molar-refractivity contribution is 9.09. The van der Waals surface area contributed by atoms with Crippen molar-refractivity contribution in [3.8, 4) is 0 Å². The molecule has 4 heteroatoms. The molecule has 14 heavy (non-hydrogen) atoms. The lowest BCUT2D eigenvalue weighted by Gasteiger charge is -2.30. The molecule has 0 saturated heterocycles. The molecule has 0 amide bonds. The number of carbonyl (C=O) groups excluding carboxylic acids is 1. The van der Waals surface area contributed by atoms with Crippen LogP contribution in [-0.2, 0) is 9.53 Å². The Bertz CT molecular complexity index is 209. The van der Waals surface area contributed by atoms with Gasteiger partial charge in [-0.05, 0) is 18.8 Å². The summed E-state index contributed by atoms with van der Waals surface area (Å²) in [6, 6.07) is 0. The van der Waals surface area contributed by atoms with Crippen LogP contribution in [0, 0.1) is 5.41 Å². The van der Waals surface area contributed by atoms with Crippen molar-refractivity contribution >= 4 is 33.5 Å². The van der Waals surface area contributed by atoms with Crippen molar-refractivity contribution < 1.29 is 9.53 Å². The van der Waals surface area contributed by atoms with E-state index in [1.165, 1.54) is 7.11 Å². The summed E-state index contributed by atoms with van der Waals surface area (Å²) in [5.74, 6) is -0.382. The first-order valence-corrected chi connectivity index (χ1v) is 5.82. The Morgan fingerprint density at radius 2 is 1.86 bits per heavy atom. The van der Waals surface area contributed by atoms with E-state index < -0.39 is 4.87 Å². The van der Waals surface area contributed by atoms with Gasteiger partial charge in [0.2, 0.25) is 0 Å².